The Morgan fingerprint density at radius 2 is 1.70 bits per heavy atom. The van der Waals surface area contributed by atoms with Crippen molar-refractivity contribution >= 4 is 6.09 Å². The lowest BCUT2D eigenvalue weighted by molar-refractivity contribution is 0.0512. The molecule has 0 aliphatic heterocycles. The van der Waals surface area contributed by atoms with Crippen LogP contribution in [0.15, 0.2) is 12.1 Å². The normalized spacial score (nSPS) is 22.2. The summed E-state index contributed by atoms with van der Waals surface area (Å²) < 4.78 is 17.2. The molecule has 2 rings (SSSR count). The molecule has 1 aliphatic carbocycles. The van der Waals surface area contributed by atoms with E-state index in [1.165, 1.54) is 5.56 Å². The highest BCUT2D eigenvalue weighted by molar-refractivity contribution is 5.69. The third kappa shape index (κ3) is 6.11. The molecular weight excluding hydrogens is 382 g/mol. The second-order valence-electron chi connectivity index (χ2n) is 9.85. The van der Waals surface area contributed by atoms with E-state index in [1.807, 2.05) is 27.7 Å². The van der Waals surface area contributed by atoms with Crippen molar-refractivity contribution in [3.63, 3.8) is 0 Å². The molecule has 0 saturated heterocycles. The van der Waals surface area contributed by atoms with E-state index >= 15 is 0 Å². The largest absolute Gasteiger partial charge is 0.492 e. The number of nitrogens with one attached hydrogen (secondary N) is 1. The molecule has 2 N–H and O–H groups in total. The maximum absolute atomic E-state index is 12.0. The van der Waals surface area contributed by atoms with Crippen LogP contribution >= 0.6 is 0 Å². The summed E-state index contributed by atoms with van der Waals surface area (Å²) in [6.45, 7) is 16.4. The highest BCUT2D eigenvalue weighted by atomic mass is 16.6. The number of rotatable bonds is 8. The molecule has 4 atom stereocenters. The summed E-state index contributed by atoms with van der Waals surface area (Å²) in [5.74, 6) is 1.32. The number of carbonyl (C=O) groups excluding carboxylic acids is 1. The SMILES string of the molecule is COC(C)c1cc(C(C)C)cc(C(C)C)c1OCC1C(O)C1NC(=O)OC(C)(C)C. The highest BCUT2D eigenvalue weighted by Crippen LogP contribution is 2.40. The van der Waals surface area contributed by atoms with Gasteiger partial charge < -0.3 is 24.6 Å². The topological polar surface area (TPSA) is 77.0 Å². The van der Waals surface area contributed by atoms with Gasteiger partial charge in [0.15, 0.2) is 0 Å². The van der Waals surface area contributed by atoms with Crippen LogP contribution in [0.5, 0.6) is 5.75 Å². The number of amides is 1. The van der Waals surface area contributed by atoms with Crippen LogP contribution in [0.1, 0.15) is 90.0 Å². The molecule has 170 valence electrons. The molecule has 1 aromatic carbocycles. The maximum atomic E-state index is 12.0. The molecule has 1 saturated carbocycles. The third-order valence-corrected chi connectivity index (χ3v) is 5.48. The van der Waals surface area contributed by atoms with Crippen molar-refractivity contribution in [1.29, 1.82) is 0 Å². The van der Waals surface area contributed by atoms with Gasteiger partial charge in [-0.25, -0.2) is 4.79 Å². The monoisotopic (exact) mass is 421 g/mol. The van der Waals surface area contributed by atoms with Crippen LogP contribution in [0, 0.1) is 5.92 Å². The van der Waals surface area contributed by atoms with E-state index < -0.39 is 17.8 Å². The van der Waals surface area contributed by atoms with Gasteiger partial charge in [-0.15, -0.1) is 0 Å². The molecule has 1 aromatic rings. The molecule has 0 spiro atoms. The fourth-order valence-electron chi connectivity index (χ4n) is 3.43. The van der Waals surface area contributed by atoms with E-state index in [0.717, 1.165) is 16.9 Å². The fraction of sp³-hybridized carbons (Fsp3) is 0.708. The average Bonchev–Trinajstić information content (AvgIpc) is 3.23. The summed E-state index contributed by atoms with van der Waals surface area (Å²) in [4.78, 5) is 12.0. The van der Waals surface area contributed by atoms with Gasteiger partial charge in [-0.3, -0.25) is 0 Å². The van der Waals surface area contributed by atoms with Gasteiger partial charge in [0, 0.05) is 18.6 Å². The van der Waals surface area contributed by atoms with E-state index in [1.54, 1.807) is 7.11 Å². The van der Waals surface area contributed by atoms with Gasteiger partial charge in [0.2, 0.25) is 0 Å². The van der Waals surface area contributed by atoms with Crippen LogP contribution < -0.4 is 10.1 Å². The van der Waals surface area contributed by atoms with E-state index in [9.17, 15) is 9.90 Å². The Hall–Kier alpha value is -1.79. The average molecular weight is 422 g/mol. The minimum atomic E-state index is -0.641. The van der Waals surface area contributed by atoms with Crippen LogP contribution in [-0.4, -0.2) is 42.7 Å². The van der Waals surface area contributed by atoms with Gasteiger partial charge in [-0.2, -0.15) is 0 Å². The van der Waals surface area contributed by atoms with Crippen LogP contribution in [-0.2, 0) is 9.47 Å². The third-order valence-electron chi connectivity index (χ3n) is 5.48. The van der Waals surface area contributed by atoms with E-state index in [-0.39, 0.29) is 24.0 Å². The predicted molar refractivity (Wildman–Crippen MR) is 118 cm³/mol. The zero-order chi connectivity index (χ0) is 22.8. The summed E-state index contributed by atoms with van der Waals surface area (Å²) in [5.41, 5.74) is 2.82. The first-order chi connectivity index (χ1) is 13.9. The van der Waals surface area contributed by atoms with E-state index in [0.29, 0.717) is 12.5 Å². The Morgan fingerprint density at radius 3 is 2.20 bits per heavy atom. The number of alkyl carbamates (subject to hydrolysis) is 1. The molecule has 1 aliphatic rings. The second-order valence-corrected chi connectivity index (χ2v) is 9.85. The van der Waals surface area contributed by atoms with Crippen molar-refractivity contribution in [3.05, 3.63) is 28.8 Å². The Kier molecular flexibility index (Phi) is 7.80. The van der Waals surface area contributed by atoms with Crippen LogP contribution in [0.3, 0.4) is 0 Å². The van der Waals surface area contributed by atoms with Crippen molar-refractivity contribution in [1.82, 2.24) is 5.32 Å². The standard InChI is InChI=1S/C24H39NO5/c1-13(2)16-10-17(14(3)4)22(18(11-16)15(5)28-9)29-12-19-20(21(19)26)25-23(27)30-24(6,7)8/h10-11,13-15,19-21,26H,12H2,1-9H3,(H,25,27). The summed E-state index contributed by atoms with van der Waals surface area (Å²) >= 11 is 0. The molecule has 4 unspecified atom stereocenters. The van der Waals surface area contributed by atoms with Crippen LogP contribution in [0.4, 0.5) is 4.79 Å². The molecule has 0 aromatic heterocycles. The Morgan fingerprint density at radius 1 is 1.10 bits per heavy atom. The summed E-state index contributed by atoms with van der Waals surface area (Å²) in [7, 11) is 1.69. The van der Waals surface area contributed by atoms with Gasteiger partial charge in [0.25, 0.3) is 0 Å². The number of aliphatic hydroxyl groups excluding tert-OH is 1. The number of ether oxygens (including phenoxy) is 3. The molecule has 1 fully saturated rings. The molecule has 1 amide bonds. The molecule has 0 bridgehead atoms. The number of aliphatic hydroxyl groups is 1. The Labute approximate surface area is 181 Å². The second kappa shape index (κ2) is 9.56. The lowest BCUT2D eigenvalue weighted by Crippen LogP contribution is -2.35. The van der Waals surface area contributed by atoms with Gasteiger partial charge in [-0.05, 0) is 56.7 Å². The maximum Gasteiger partial charge on any atom is 0.407 e. The number of benzene rings is 1. The predicted octanol–water partition coefficient (Wildman–Crippen LogP) is 4.90. The number of carbonyl (C=O) groups is 1. The first kappa shape index (κ1) is 24.5. The molecular formula is C24H39NO5. The van der Waals surface area contributed by atoms with Gasteiger partial charge in [0.1, 0.15) is 11.4 Å². The van der Waals surface area contributed by atoms with Crippen molar-refractivity contribution in [2.45, 2.75) is 91.1 Å². The number of hydrogen-bond donors (Lipinski definition) is 2. The molecule has 6 nitrogen and oxygen atoms in total. The first-order valence-electron chi connectivity index (χ1n) is 10.9. The van der Waals surface area contributed by atoms with Gasteiger partial charge in [-0.1, -0.05) is 33.8 Å². The fourth-order valence-corrected chi connectivity index (χ4v) is 3.43. The smallest absolute Gasteiger partial charge is 0.407 e. The van der Waals surface area contributed by atoms with Crippen molar-refractivity contribution in [2.75, 3.05) is 13.7 Å². The number of methoxy groups -OCH3 is 1. The van der Waals surface area contributed by atoms with E-state index in [2.05, 4.69) is 45.1 Å². The van der Waals surface area contributed by atoms with Crippen molar-refractivity contribution in [3.8, 4) is 5.75 Å². The van der Waals surface area contributed by atoms with Gasteiger partial charge >= 0.3 is 6.09 Å². The lowest BCUT2D eigenvalue weighted by Gasteiger charge is -2.24. The molecule has 6 heteroatoms. The minimum Gasteiger partial charge on any atom is -0.492 e. The number of hydrogen-bond acceptors (Lipinski definition) is 5. The molecule has 30 heavy (non-hydrogen) atoms. The Balaban J connectivity index is 2.17. The highest BCUT2D eigenvalue weighted by Gasteiger charge is 2.51. The first-order valence-corrected chi connectivity index (χ1v) is 10.9. The molecule has 0 heterocycles. The summed E-state index contributed by atoms with van der Waals surface area (Å²) in [6.07, 6.45) is -1.28. The quantitative estimate of drug-likeness (QED) is 0.624. The van der Waals surface area contributed by atoms with Crippen LogP contribution in [0.25, 0.3) is 0 Å². The van der Waals surface area contributed by atoms with Crippen molar-refractivity contribution in [2.24, 2.45) is 5.92 Å². The minimum absolute atomic E-state index is 0.115. The summed E-state index contributed by atoms with van der Waals surface area (Å²) in [5, 5.41) is 13.0. The zero-order valence-corrected chi connectivity index (χ0v) is 19.9. The van der Waals surface area contributed by atoms with Crippen LogP contribution in [0.2, 0.25) is 0 Å². The molecule has 0 radical (unpaired) electrons. The Bertz CT molecular complexity index is 738. The lowest BCUT2D eigenvalue weighted by atomic mass is 9.90. The van der Waals surface area contributed by atoms with Crippen molar-refractivity contribution < 1.29 is 24.1 Å². The van der Waals surface area contributed by atoms with E-state index in [4.69, 9.17) is 14.2 Å². The zero-order valence-electron chi connectivity index (χ0n) is 19.9. The van der Waals surface area contributed by atoms with Gasteiger partial charge in [0.05, 0.1) is 24.9 Å². The summed E-state index contributed by atoms with van der Waals surface area (Å²) in [6, 6.07) is 4.00.